The van der Waals surface area contributed by atoms with E-state index in [1.54, 1.807) is 41.4 Å². The third-order valence-electron chi connectivity index (χ3n) is 5.44. The summed E-state index contributed by atoms with van der Waals surface area (Å²) in [7, 11) is 0. The van der Waals surface area contributed by atoms with Gasteiger partial charge in [0.25, 0.3) is 0 Å². The molecule has 3 aromatic rings. The highest BCUT2D eigenvalue weighted by molar-refractivity contribution is 6.39. The lowest BCUT2D eigenvalue weighted by Crippen LogP contribution is -2.31. The number of Topliss-reactive ketones (excluding diaryl/α,β-unsaturated/α-hetero) is 1. The van der Waals surface area contributed by atoms with E-state index in [1.165, 1.54) is 0 Å². The maximum atomic E-state index is 12.8. The molecule has 0 atom stereocenters. The molecule has 3 N–H and O–H groups in total. The number of aliphatic hydroxyl groups is 2. The Balaban J connectivity index is 1.56. The van der Waals surface area contributed by atoms with Crippen LogP contribution in [0.15, 0.2) is 42.6 Å². The maximum absolute atomic E-state index is 12.8. The molecule has 178 valence electrons. The van der Waals surface area contributed by atoms with Gasteiger partial charge in [-0.2, -0.15) is 4.98 Å². The summed E-state index contributed by atoms with van der Waals surface area (Å²) in [6, 6.07) is 10.4. The first kappa shape index (κ1) is 24.3. The first-order valence-corrected chi connectivity index (χ1v) is 11.8. The second-order valence-electron chi connectivity index (χ2n) is 8.06. The first-order valence-electron chi connectivity index (χ1n) is 11.0. The Bertz CT molecular complexity index is 1150. The van der Waals surface area contributed by atoms with Gasteiger partial charge in [0, 0.05) is 37.7 Å². The fraction of sp³-hybridized carbons (Fsp3) is 0.333. The molecule has 1 aliphatic rings. The number of hydrogen-bond donors (Lipinski definition) is 3. The molecule has 0 saturated heterocycles. The number of carbonyl (C=O) groups excluding carboxylic acids is 1. The Morgan fingerprint density at radius 2 is 1.74 bits per heavy atom. The molecule has 8 nitrogen and oxygen atoms in total. The van der Waals surface area contributed by atoms with Crippen LogP contribution in [-0.2, 0) is 6.42 Å². The Morgan fingerprint density at radius 3 is 2.38 bits per heavy atom. The third kappa shape index (κ3) is 6.01. The SMILES string of the molecule is O=C(Cc1ccnc(Nc2cc(C3CC3)nc(N(CCO)CCO)n2)c1)c1c(Cl)cccc1Cl. The van der Waals surface area contributed by atoms with Crippen LogP contribution in [0.1, 0.15) is 40.4 Å². The van der Waals surface area contributed by atoms with Crippen LogP contribution in [0, 0.1) is 0 Å². The average molecular weight is 502 g/mol. The highest BCUT2D eigenvalue weighted by Crippen LogP contribution is 2.40. The summed E-state index contributed by atoms with van der Waals surface area (Å²) in [4.78, 5) is 28.1. The highest BCUT2D eigenvalue weighted by atomic mass is 35.5. The van der Waals surface area contributed by atoms with E-state index in [9.17, 15) is 15.0 Å². The summed E-state index contributed by atoms with van der Waals surface area (Å²) < 4.78 is 0. The number of benzene rings is 1. The molecule has 1 saturated carbocycles. The number of ketones is 1. The van der Waals surface area contributed by atoms with Crippen molar-refractivity contribution >= 4 is 46.6 Å². The molecular formula is C24H25Cl2N5O3. The number of nitrogens with zero attached hydrogens (tertiary/aromatic N) is 4. The van der Waals surface area contributed by atoms with Crippen molar-refractivity contribution in [2.75, 3.05) is 36.5 Å². The van der Waals surface area contributed by atoms with Crippen molar-refractivity contribution in [2.45, 2.75) is 25.2 Å². The van der Waals surface area contributed by atoms with Crippen LogP contribution in [0.3, 0.4) is 0 Å². The summed E-state index contributed by atoms with van der Waals surface area (Å²) >= 11 is 12.4. The molecule has 2 aromatic heterocycles. The molecule has 1 aromatic carbocycles. The van der Waals surface area contributed by atoms with Crippen LogP contribution in [0.4, 0.5) is 17.6 Å². The number of pyridine rings is 1. The summed E-state index contributed by atoms with van der Waals surface area (Å²) in [5.41, 5.74) is 1.96. The molecule has 34 heavy (non-hydrogen) atoms. The zero-order valence-corrected chi connectivity index (χ0v) is 19.9. The van der Waals surface area contributed by atoms with Crippen LogP contribution in [-0.4, -0.2) is 57.3 Å². The zero-order valence-electron chi connectivity index (χ0n) is 18.4. The lowest BCUT2D eigenvalue weighted by atomic mass is 10.0. The van der Waals surface area contributed by atoms with Gasteiger partial charge in [0.15, 0.2) is 5.78 Å². The van der Waals surface area contributed by atoms with Gasteiger partial charge in [-0.1, -0.05) is 29.3 Å². The van der Waals surface area contributed by atoms with Crippen molar-refractivity contribution in [1.29, 1.82) is 0 Å². The second-order valence-corrected chi connectivity index (χ2v) is 8.87. The van der Waals surface area contributed by atoms with Gasteiger partial charge >= 0.3 is 0 Å². The number of aromatic nitrogens is 3. The molecule has 1 fully saturated rings. The van der Waals surface area contributed by atoms with E-state index in [2.05, 4.69) is 20.3 Å². The lowest BCUT2D eigenvalue weighted by Gasteiger charge is -2.22. The molecular weight excluding hydrogens is 477 g/mol. The smallest absolute Gasteiger partial charge is 0.227 e. The molecule has 0 aliphatic heterocycles. The summed E-state index contributed by atoms with van der Waals surface area (Å²) in [5, 5.41) is 22.6. The minimum Gasteiger partial charge on any atom is -0.395 e. The van der Waals surface area contributed by atoms with Crippen LogP contribution < -0.4 is 10.2 Å². The molecule has 0 radical (unpaired) electrons. The Hall–Kier alpha value is -2.78. The normalized spacial score (nSPS) is 13.1. The monoisotopic (exact) mass is 501 g/mol. The number of halogens is 2. The summed E-state index contributed by atoms with van der Waals surface area (Å²) in [6.07, 6.45) is 3.86. The van der Waals surface area contributed by atoms with Gasteiger partial charge in [0.05, 0.1) is 34.5 Å². The van der Waals surface area contributed by atoms with Crippen molar-refractivity contribution in [3.05, 3.63) is 69.5 Å². The fourth-order valence-corrected chi connectivity index (χ4v) is 4.23. The molecule has 0 bridgehead atoms. The Morgan fingerprint density at radius 1 is 1.03 bits per heavy atom. The molecule has 1 aliphatic carbocycles. The first-order chi connectivity index (χ1) is 16.5. The number of carbonyl (C=O) groups is 1. The van der Waals surface area contributed by atoms with Crippen molar-refractivity contribution in [3.8, 4) is 0 Å². The van der Waals surface area contributed by atoms with E-state index >= 15 is 0 Å². The number of rotatable bonds is 11. The van der Waals surface area contributed by atoms with Crippen molar-refractivity contribution < 1.29 is 15.0 Å². The van der Waals surface area contributed by atoms with Gasteiger partial charge in [-0.15, -0.1) is 0 Å². The fourth-order valence-electron chi connectivity index (χ4n) is 3.62. The van der Waals surface area contributed by atoms with Crippen molar-refractivity contribution in [1.82, 2.24) is 15.0 Å². The zero-order chi connectivity index (χ0) is 24.1. The summed E-state index contributed by atoms with van der Waals surface area (Å²) in [6.45, 7) is 0.475. The van der Waals surface area contributed by atoms with E-state index in [0.717, 1.165) is 24.1 Å². The minimum absolute atomic E-state index is 0.0765. The average Bonchev–Trinajstić information content (AvgIpc) is 3.64. The molecule has 0 unspecified atom stereocenters. The predicted octanol–water partition coefficient (Wildman–Crippen LogP) is 4.02. The minimum atomic E-state index is -0.184. The molecule has 0 spiro atoms. The molecule has 4 rings (SSSR count). The van der Waals surface area contributed by atoms with E-state index < -0.39 is 0 Å². The van der Waals surface area contributed by atoms with Gasteiger partial charge in [-0.05, 0) is 42.7 Å². The molecule has 0 amide bonds. The van der Waals surface area contributed by atoms with E-state index in [0.29, 0.717) is 52.2 Å². The largest absolute Gasteiger partial charge is 0.395 e. The maximum Gasteiger partial charge on any atom is 0.227 e. The summed E-state index contributed by atoms with van der Waals surface area (Å²) in [5.74, 6) is 1.71. The van der Waals surface area contributed by atoms with Crippen LogP contribution >= 0.6 is 23.2 Å². The van der Waals surface area contributed by atoms with Crippen LogP contribution in [0.2, 0.25) is 10.0 Å². The number of anilines is 3. The number of aliphatic hydroxyl groups excluding tert-OH is 2. The Labute approximate surface area is 207 Å². The van der Waals surface area contributed by atoms with Gasteiger partial charge < -0.3 is 20.4 Å². The standard InChI is InChI=1S/C24H25Cl2N5O3/c25-17-2-1-3-18(26)23(17)20(34)12-15-6-7-27-21(13-15)29-22-14-19(16-4-5-16)28-24(30-22)31(8-10-32)9-11-33/h1-3,6-7,13-14,16,32-33H,4-5,8-12H2,(H,27,28,29,30). The van der Waals surface area contributed by atoms with Gasteiger partial charge in [0.1, 0.15) is 11.6 Å². The van der Waals surface area contributed by atoms with Crippen molar-refractivity contribution in [3.63, 3.8) is 0 Å². The molecule has 2 heterocycles. The highest BCUT2D eigenvalue weighted by Gasteiger charge is 2.27. The van der Waals surface area contributed by atoms with Gasteiger partial charge in [-0.3, -0.25) is 4.79 Å². The number of nitrogens with one attached hydrogen (secondary N) is 1. The Kier molecular flexibility index (Phi) is 7.95. The second kappa shape index (κ2) is 11.1. The van der Waals surface area contributed by atoms with E-state index in [1.807, 2.05) is 6.07 Å². The lowest BCUT2D eigenvalue weighted by molar-refractivity contribution is 0.0993. The third-order valence-corrected chi connectivity index (χ3v) is 6.07. The van der Waals surface area contributed by atoms with E-state index in [-0.39, 0.29) is 25.4 Å². The molecule has 10 heteroatoms. The van der Waals surface area contributed by atoms with Crippen molar-refractivity contribution in [2.24, 2.45) is 0 Å². The predicted molar refractivity (Wildman–Crippen MR) is 132 cm³/mol. The van der Waals surface area contributed by atoms with E-state index in [4.69, 9.17) is 23.2 Å². The topological polar surface area (TPSA) is 111 Å². The van der Waals surface area contributed by atoms with Crippen LogP contribution in [0.25, 0.3) is 0 Å². The quantitative estimate of drug-likeness (QED) is 0.337. The van der Waals surface area contributed by atoms with Gasteiger partial charge in [-0.25, -0.2) is 9.97 Å². The van der Waals surface area contributed by atoms with Gasteiger partial charge in [0.2, 0.25) is 5.95 Å². The number of hydrogen-bond acceptors (Lipinski definition) is 8. The van der Waals surface area contributed by atoms with Crippen LogP contribution in [0.5, 0.6) is 0 Å².